The molecule has 5 heteroatoms. The summed E-state index contributed by atoms with van der Waals surface area (Å²) in [4.78, 5) is 2.31. The maximum atomic E-state index is 11.2. The second-order valence-corrected chi connectivity index (χ2v) is 6.34. The maximum Gasteiger partial charge on any atom is 0.178 e. The molecule has 1 aliphatic rings. The van der Waals surface area contributed by atoms with Gasteiger partial charge in [0.15, 0.2) is 5.75 Å². The first-order valence-corrected chi connectivity index (χ1v) is 8.11. The van der Waals surface area contributed by atoms with E-state index in [1.165, 1.54) is 0 Å². The van der Waals surface area contributed by atoms with Gasteiger partial charge in [-0.2, -0.15) is 0 Å². The molecule has 22 heavy (non-hydrogen) atoms. The minimum absolute atomic E-state index is 0.0555. The third kappa shape index (κ3) is 3.60. The highest BCUT2D eigenvalue weighted by Crippen LogP contribution is 2.27. The predicted octanol–water partition coefficient (Wildman–Crippen LogP) is 5.22. The van der Waals surface area contributed by atoms with Gasteiger partial charge < -0.3 is 10.2 Å². The molecule has 3 rings (SSSR count). The SMILES string of the molecule is [O]c1ccc(N2CCC(Nc3ccc(Cl)c(Cl)c3)CC2)cc1. The fraction of sp³-hybridized carbons (Fsp3) is 0.294. The van der Waals surface area contributed by atoms with Crippen LogP contribution in [0.15, 0.2) is 42.5 Å². The van der Waals surface area contributed by atoms with Crippen molar-refractivity contribution in [3.8, 4) is 5.75 Å². The lowest BCUT2D eigenvalue weighted by molar-refractivity contribution is 0.355. The van der Waals surface area contributed by atoms with Crippen molar-refractivity contribution in [2.75, 3.05) is 23.3 Å². The summed E-state index contributed by atoms with van der Waals surface area (Å²) in [5.74, 6) is 0.0555. The smallest absolute Gasteiger partial charge is 0.178 e. The number of anilines is 2. The van der Waals surface area contributed by atoms with E-state index >= 15 is 0 Å². The summed E-state index contributed by atoms with van der Waals surface area (Å²) >= 11 is 12.0. The first-order valence-electron chi connectivity index (χ1n) is 7.35. The summed E-state index contributed by atoms with van der Waals surface area (Å²) < 4.78 is 0. The summed E-state index contributed by atoms with van der Waals surface area (Å²) in [5.41, 5.74) is 2.12. The van der Waals surface area contributed by atoms with E-state index in [0.717, 1.165) is 37.3 Å². The number of hydrogen-bond acceptors (Lipinski definition) is 2. The van der Waals surface area contributed by atoms with Crippen molar-refractivity contribution in [2.45, 2.75) is 18.9 Å². The van der Waals surface area contributed by atoms with E-state index in [9.17, 15) is 5.11 Å². The fourth-order valence-corrected chi connectivity index (χ4v) is 3.06. The Morgan fingerprint density at radius 2 is 1.64 bits per heavy atom. The molecule has 1 saturated heterocycles. The molecule has 0 saturated carbocycles. The Kier molecular flexibility index (Phi) is 4.65. The fourth-order valence-electron chi connectivity index (χ4n) is 2.76. The lowest BCUT2D eigenvalue weighted by atomic mass is 10.0. The Hall–Kier alpha value is -1.58. The van der Waals surface area contributed by atoms with Gasteiger partial charge in [0.1, 0.15) is 0 Å². The monoisotopic (exact) mass is 335 g/mol. The van der Waals surface area contributed by atoms with E-state index in [2.05, 4.69) is 10.2 Å². The third-order valence-corrected chi connectivity index (χ3v) is 4.73. The molecule has 0 unspecified atom stereocenters. The first kappa shape index (κ1) is 15.3. The number of halogens is 2. The Balaban J connectivity index is 1.57. The molecule has 1 aliphatic heterocycles. The minimum Gasteiger partial charge on any atom is -0.382 e. The van der Waals surface area contributed by atoms with Crippen molar-refractivity contribution in [2.24, 2.45) is 0 Å². The van der Waals surface area contributed by atoms with Gasteiger partial charge in [0.25, 0.3) is 0 Å². The average molecular weight is 336 g/mol. The highest BCUT2D eigenvalue weighted by Gasteiger charge is 2.19. The Bertz CT molecular complexity index is 638. The van der Waals surface area contributed by atoms with Crippen LogP contribution in [0.4, 0.5) is 11.4 Å². The van der Waals surface area contributed by atoms with Gasteiger partial charge >= 0.3 is 0 Å². The zero-order chi connectivity index (χ0) is 15.5. The van der Waals surface area contributed by atoms with Gasteiger partial charge in [-0.05, 0) is 55.3 Å². The lowest BCUT2D eigenvalue weighted by Crippen LogP contribution is -2.39. The summed E-state index contributed by atoms with van der Waals surface area (Å²) in [6, 6.07) is 13.1. The van der Waals surface area contributed by atoms with Crippen LogP contribution in [-0.2, 0) is 5.11 Å². The van der Waals surface area contributed by atoms with Crippen LogP contribution in [0.3, 0.4) is 0 Å². The van der Waals surface area contributed by atoms with Gasteiger partial charge in [0.2, 0.25) is 0 Å². The van der Waals surface area contributed by atoms with Crippen LogP contribution < -0.4 is 10.2 Å². The molecule has 0 bridgehead atoms. The van der Waals surface area contributed by atoms with Crippen molar-refractivity contribution >= 4 is 34.6 Å². The molecule has 2 aromatic rings. The number of benzene rings is 2. The van der Waals surface area contributed by atoms with Crippen LogP contribution in [0.5, 0.6) is 5.75 Å². The average Bonchev–Trinajstić information content (AvgIpc) is 2.53. The molecule has 1 heterocycles. The number of piperidine rings is 1. The zero-order valence-electron chi connectivity index (χ0n) is 12.1. The third-order valence-electron chi connectivity index (χ3n) is 3.99. The standard InChI is InChI=1S/C17H17Cl2N2O/c18-16-6-1-13(11-17(16)19)20-12-7-9-21(10-8-12)14-2-4-15(22)5-3-14/h1-6,11-12,20H,7-10H2. The lowest BCUT2D eigenvalue weighted by Gasteiger charge is -2.34. The molecule has 0 atom stereocenters. The summed E-state index contributed by atoms with van der Waals surface area (Å²) in [6.07, 6.45) is 2.08. The molecule has 0 spiro atoms. The van der Waals surface area contributed by atoms with E-state index in [1.807, 2.05) is 30.3 Å². The molecule has 0 amide bonds. The minimum atomic E-state index is 0.0555. The summed E-state index contributed by atoms with van der Waals surface area (Å²) in [6.45, 7) is 1.94. The largest absolute Gasteiger partial charge is 0.382 e. The van der Waals surface area contributed by atoms with E-state index in [0.29, 0.717) is 16.1 Å². The number of nitrogens with zero attached hydrogens (tertiary/aromatic N) is 1. The molecule has 3 nitrogen and oxygen atoms in total. The molecule has 1 fully saturated rings. The number of hydrogen-bond donors (Lipinski definition) is 1. The van der Waals surface area contributed by atoms with Crippen LogP contribution in [0.2, 0.25) is 10.0 Å². The molecule has 2 aromatic carbocycles. The van der Waals surface area contributed by atoms with Crippen LogP contribution in [0.1, 0.15) is 12.8 Å². The number of nitrogens with one attached hydrogen (secondary N) is 1. The molecule has 115 valence electrons. The van der Waals surface area contributed by atoms with E-state index in [-0.39, 0.29) is 5.75 Å². The second-order valence-electron chi connectivity index (χ2n) is 5.53. The van der Waals surface area contributed by atoms with Gasteiger partial charge in [-0.3, -0.25) is 5.11 Å². The van der Waals surface area contributed by atoms with Gasteiger partial charge in [-0.25, -0.2) is 0 Å². The normalized spacial score (nSPS) is 15.8. The predicted molar refractivity (Wildman–Crippen MR) is 91.9 cm³/mol. The van der Waals surface area contributed by atoms with Gasteiger partial charge in [-0.15, -0.1) is 0 Å². The molecule has 1 radical (unpaired) electrons. The molecular formula is C17H17Cl2N2O. The summed E-state index contributed by atoms with van der Waals surface area (Å²) in [5, 5.41) is 15.8. The van der Waals surface area contributed by atoms with Crippen molar-refractivity contribution in [3.05, 3.63) is 52.5 Å². The molecular weight excluding hydrogens is 319 g/mol. The van der Waals surface area contributed by atoms with Crippen LogP contribution in [0, 0.1) is 0 Å². The van der Waals surface area contributed by atoms with Gasteiger partial charge in [-0.1, -0.05) is 23.2 Å². The van der Waals surface area contributed by atoms with E-state index in [4.69, 9.17) is 23.2 Å². The van der Waals surface area contributed by atoms with Gasteiger partial charge in [0.05, 0.1) is 10.0 Å². The Morgan fingerprint density at radius 1 is 0.955 bits per heavy atom. The highest BCUT2D eigenvalue weighted by molar-refractivity contribution is 6.42. The van der Waals surface area contributed by atoms with Crippen LogP contribution in [-0.4, -0.2) is 19.1 Å². The topological polar surface area (TPSA) is 35.2 Å². The van der Waals surface area contributed by atoms with E-state index < -0.39 is 0 Å². The number of rotatable bonds is 3. The van der Waals surface area contributed by atoms with Crippen molar-refractivity contribution in [1.82, 2.24) is 0 Å². The zero-order valence-corrected chi connectivity index (χ0v) is 13.6. The van der Waals surface area contributed by atoms with Crippen molar-refractivity contribution < 1.29 is 5.11 Å². The van der Waals surface area contributed by atoms with Crippen LogP contribution in [0.25, 0.3) is 0 Å². The van der Waals surface area contributed by atoms with Crippen LogP contribution >= 0.6 is 23.2 Å². The molecule has 0 aliphatic carbocycles. The first-order chi connectivity index (χ1) is 10.6. The van der Waals surface area contributed by atoms with E-state index in [1.54, 1.807) is 12.1 Å². The van der Waals surface area contributed by atoms with Crippen molar-refractivity contribution in [3.63, 3.8) is 0 Å². The molecule has 1 N–H and O–H groups in total. The van der Waals surface area contributed by atoms with Gasteiger partial charge in [0, 0.05) is 30.5 Å². The second kappa shape index (κ2) is 6.67. The Morgan fingerprint density at radius 3 is 2.27 bits per heavy atom. The Labute approximate surface area is 140 Å². The highest BCUT2D eigenvalue weighted by atomic mass is 35.5. The maximum absolute atomic E-state index is 11.2. The summed E-state index contributed by atoms with van der Waals surface area (Å²) in [7, 11) is 0. The molecule has 0 aromatic heterocycles. The quantitative estimate of drug-likeness (QED) is 0.834. The van der Waals surface area contributed by atoms with Crippen molar-refractivity contribution in [1.29, 1.82) is 0 Å².